The van der Waals surface area contributed by atoms with Crippen molar-refractivity contribution in [3.05, 3.63) is 42.2 Å². The van der Waals surface area contributed by atoms with Crippen molar-refractivity contribution in [3.63, 3.8) is 0 Å². The van der Waals surface area contributed by atoms with E-state index in [0.717, 1.165) is 0 Å². The molecule has 0 saturated heterocycles. The zero-order chi connectivity index (χ0) is 17.7. The molecule has 2 N–H and O–H groups in total. The standard InChI is InChI=1S/C17H19FN2O4/c1-10(2)16(17(22)23)20-14(21)7-8-15-19-9-13(24-15)11-5-3-4-6-12(11)18/h3-6,9-10,16H,7-8H2,1-2H3,(H,20,21)(H,22,23)/t16-/m1/s1. The number of amides is 1. The SMILES string of the molecule is CC(C)[C@@H](NC(=O)CCc1ncc(-c2ccccc2F)o1)C(=O)O. The van der Waals surface area contributed by atoms with E-state index in [1.807, 2.05) is 0 Å². The monoisotopic (exact) mass is 334 g/mol. The van der Waals surface area contributed by atoms with Crippen LogP contribution in [0.1, 0.15) is 26.2 Å². The lowest BCUT2D eigenvalue weighted by molar-refractivity contribution is -0.143. The van der Waals surface area contributed by atoms with Crippen LogP contribution in [0.2, 0.25) is 0 Å². The summed E-state index contributed by atoms with van der Waals surface area (Å²) in [6, 6.07) is 5.23. The number of carbonyl (C=O) groups is 2. The van der Waals surface area contributed by atoms with Crippen molar-refractivity contribution >= 4 is 11.9 Å². The van der Waals surface area contributed by atoms with Crippen LogP contribution in [-0.4, -0.2) is 28.0 Å². The summed E-state index contributed by atoms with van der Waals surface area (Å²) in [4.78, 5) is 26.9. The molecule has 1 amide bonds. The highest BCUT2D eigenvalue weighted by Crippen LogP contribution is 2.23. The minimum absolute atomic E-state index is 0.0354. The van der Waals surface area contributed by atoms with Gasteiger partial charge >= 0.3 is 5.97 Å². The summed E-state index contributed by atoms with van der Waals surface area (Å²) in [5, 5.41) is 11.5. The number of aliphatic carboxylic acids is 1. The highest BCUT2D eigenvalue weighted by Gasteiger charge is 2.23. The number of benzene rings is 1. The average Bonchev–Trinajstić information content (AvgIpc) is 2.99. The van der Waals surface area contributed by atoms with Gasteiger partial charge in [0.15, 0.2) is 11.7 Å². The van der Waals surface area contributed by atoms with Gasteiger partial charge in [-0.25, -0.2) is 14.2 Å². The first kappa shape index (κ1) is 17.7. The second-order valence-electron chi connectivity index (χ2n) is 5.73. The van der Waals surface area contributed by atoms with E-state index in [1.165, 1.54) is 12.3 Å². The van der Waals surface area contributed by atoms with Crippen LogP contribution in [0.25, 0.3) is 11.3 Å². The van der Waals surface area contributed by atoms with Crippen LogP contribution in [-0.2, 0) is 16.0 Å². The zero-order valence-electron chi connectivity index (χ0n) is 13.5. The third kappa shape index (κ3) is 4.41. The molecule has 2 aromatic rings. The topological polar surface area (TPSA) is 92.4 Å². The largest absolute Gasteiger partial charge is 0.480 e. The van der Waals surface area contributed by atoms with Gasteiger partial charge in [-0.2, -0.15) is 0 Å². The molecule has 6 nitrogen and oxygen atoms in total. The molecule has 0 aliphatic rings. The van der Waals surface area contributed by atoms with Crippen LogP contribution >= 0.6 is 0 Å². The molecule has 1 aromatic carbocycles. The van der Waals surface area contributed by atoms with E-state index < -0.39 is 23.7 Å². The number of hydrogen-bond donors (Lipinski definition) is 2. The fourth-order valence-corrected chi connectivity index (χ4v) is 2.19. The summed E-state index contributed by atoms with van der Waals surface area (Å²) in [5.41, 5.74) is 0.298. The van der Waals surface area contributed by atoms with Crippen LogP contribution < -0.4 is 5.32 Å². The summed E-state index contributed by atoms with van der Waals surface area (Å²) >= 11 is 0. The Morgan fingerprint density at radius 3 is 2.67 bits per heavy atom. The zero-order valence-corrected chi connectivity index (χ0v) is 13.5. The molecule has 0 bridgehead atoms. The summed E-state index contributed by atoms with van der Waals surface area (Å²) < 4.78 is 19.1. The van der Waals surface area contributed by atoms with Gasteiger partial charge in [0.25, 0.3) is 0 Å². The molecule has 1 aromatic heterocycles. The third-order valence-corrected chi connectivity index (χ3v) is 3.51. The minimum Gasteiger partial charge on any atom is -0.480 e. The van der Waals surface area contributed by atoms with Gasteiger partial charge in [-0.05, 0) is 18.1 Å². The van der Waals surface area contributed by atoms with Gasteiger partial charge in [-0.15, -0.1) is 0 Å². The predicted molar refractivity (Wildman–Crippen MR) is 84.6 cm³/mol. The Morgan fingerprint density at radius 1 is 1.33 bits per heavy atom. The maximum Gasteiger partial charge on any atom is 0.326 e. The van der Waals surface area contributed by atoms with Crippen molar-refractivity contribution in [2.24, 2.45) is 5.92 Å². The lowest BCUT2D eigenvalue weighted by Gasteiger charge is -2.17. The molecule has 0 aliphatic carbocycles. The summed E-state index contributed by atoms with van der Waals surface area (Å²) in [7, 11) is 0. The lowest BCUT2D eigenvalue weighted by Crippen LogP contribution is -2.44. The van der Waals surface area contributed by atoms with E-state index in [4.69, 9.17) is 9.52 Å². The van der Waals surface area contributed by atoms with Gasteiger partial charge in [0.05, 0.1) is 11.8 Å². The smallest absolute Gasteiger partial charge is 0.326 e. The summed E-state index contributed by atoms with van der Waals surface area (Å²) in [6.45, 7) is 3.43. The van der Waals surface area contributed by atoms with Gasteiger partial charge in [0.2, 0.25) is 5.91 Å². The first-order valence-corrected chi connectivity index (χ1v) is 7.60. The van der Waals surface area contributed by atoms with Crippen molar-refractivity contribution in [1.29, 1.82) is 0 Å². The molecule has 1 atom stereocenters. The number of rotatable bonds is 7. The second-order valence-corrected chi connectivity index (χ2v) is 5.73. The Bertz CT molecular complexity index is 727. The van der Waals surface area contributed by atoms with Crippen LogP contribution in [0.15, 0.2) is 34.9 Å². The molecule has 24 heavy (non-hydrogen) atoms. The molecule has 1 heterocycles. The summed E-state index contributed by atoms with van der Waals surface area (Å²) in [5.74, 6) is -1.54. The Kier molecular flexibility index (Phi) is 5.68. The molecule has 0 spiro atoms. The number of hydrogen-bond acceptors (Lipinski definition) is 4. The number of carboxylic acid groups (broad SMARTS) is 1. The Labute approximate surface area is 138 Å². The van der Waals surface area contributed by atoms with Crippen LogP contribution in [0, 0.1) is 11.7 Å². The maximum atomic E-state index is 13.7. The van der Waals surface area contributed by atoms with Crippen LogP contribution in [0.4, 0.5) is 4.39 Å². The van der Waals surface area contributed by atoms with Crippen molar-refractivity contribution in [2.45, 2.75) is 32.7 Å². The number of carbonyl (C=O) groups excluding carboxylic acids is 1. The van der Waals surface area contributed by atoms with E-state index in [1.54, 1.807) is 32.0 Å². The summed E-state index contributed by atoms with van der Waals surface area (Å²) in [6.07, 6.45) is 1.64. The molecule has 2 rings (SSSR count). The fourth-order valence-electron chi connectivity index (χ4n) is 2.19. The number of nitrogens with zero attached hydrogens (tertiary/aromatic N) is 1. The molecular weight excluding hydrogens is 315 g/mol. The number of nitrogens with one attached hydrogen (secondary N) is 1. The van der Waals surface area contributed by atoms with Crippen LogP contribution in [0.3, 0.4) is 0 Å². The molecule has 0 radical (unpaired) electrons. The first-order valence-electron chi connectivity index (χ1n) is 7.60. The van der Waals surface area contributed by atoms with Gasteiger partial charge in [-0.3, -0.25) is 4.79 Å². The molecule has 7 heteroatoms. The molecule has 0 fully saturated rings. The normalized spacial score (nSPS) is 12.2. The van der Waals surface area contributed by atoms with Gasteiger partial charge in [0.1, 0.15) is 11.9 Å². The average molecular weight is 334 g/mol. The van der Waals surface area contributed by atoms with E-state index >= 15 is 0 Å². The molecule has 0 aliphatic heterocycles. The van der Waals surface area contributed by atoms with Crippen molar-refractivity contribution in [2.75, 3.05) is 0 Å². The Balaban J connectivity index is 1.95. The van der Waals surface area contributed by atoms with Gasteiger partial charge in [-0.1, -0.05) is 26.0 Å². The predicted octanol–water partition coefficient (Wildman–Crippen LogP) is 2.64. The van der Waals surface area contributed by atoms with E-state index in [0.29, 0.717) is 11.5 Å². The molecular formula is C17H19FN2O4. The van der Waals surface area contributed by atoms with Crippen LogP contribution in [0.5, 0.6) is 0 Å². The molecule has 0 unspecified atom stereocenters. The van der Waals surface area contributed by atoms with Crippen molar-refractivity contribution in [1.82, 2.24) is 10.3 Å². The number of oxazole rings is 1. The van der Waals surface area contributed by atoms with E-state index in [9.17, 15) is 14.0 Å². The van der Waals surface area contributed by atoms with Crippen molar-refractivity contribution < 1.29 is 23.5 Å². The number of carboxylic acids is 1. The number of aryl methyl sites for hydroxylation is 1. The van der Waals surface area contributed by atoms with Crippen molar-refractivity contribution in [3.8, 4) is 11.3 Å². The third-order valence-electron chi connectivity index (χ3n) is 3.51. The number of aromatic nitrogens is 1. The first-order chi connectivity index (χ1) is 11.4. The van der Waals surface area contributed by atoms with Gasteiger partial charge in [0, 0.05) is 12.8 Å². The fraction of sp³-hybridized carbons (Fsp3) is 0.353. The molecule has 0 saturated carbocycles. The lowest BCUT2D eigenvalue weighted by atomic mass is 10.0. The van der Waals surface area contributed by atoms with Gasteiger partial charge < -0.3 is 14.8 Å². The number of halogens is 1. The maximum absolute atomic E-state index is 13.7. The van der Waals surface area contributed by atoms with E-state index in [2.05, 4.69) is 10.3 Å². The Hall–Kier alpha value is -2.70. The Morgan fingerprint density at radius 2 is 2.04 bits per heavy atom. The highest BCUT2D eigenvalue weighted by molar-refractivity contribution is 5.83. The van der Waals surface area contributed by atoms with E-state index in [-0.39, 0.29) is 24.5 Å². The second kappa shape index (κ2) is 7.72. The minimum atomic E-state index is -1.07. The molecule has 128 valence electrons. The quantitative estimate of drug-likeness (QED) is 0.812. The highest BCUT2D eigenvalue weighted by atomic mass is 19.1.